The molecule has 0 amide bonds. The highest BCUT2D eigenvalue weighted by Gasteiger charge is 2.56. The molecule has 104 valence electrons. The van der Waals surface area contributed by atoms with Gasteiger partial charge in [0.1, 0.15) is 5.75 Å². The lowest BCUT2D eigenvalue weighted by atomic mass is 9.88. The Balaban J connectivity index is 2.50. The van der Waals surface area contributed by atoms with Gasteiger partial charge in [0.2, 0.25) is 0 Å². The first kappa shape index (κ1) is 13.9. The maximum Gasteiger partial charge on any atom is 0.311 e. The Morgan fingerprint density at radius 2 is 1.95 bits per heavy atom. The summed E-state index contributed by atoms with van der Waals surface area (Å²) in [6, 6.07) is 3.81. The number of carbonyl (C=O) groups is 1. The van der Waals surface area contributed by atoms with Crippen molar-refractivity contribution in [2.75, 3.05) is 14.2 Å². The second-order valence-electron chi connectivity index (χ2n) is 5.36. The maximum absolute atomic E-state index is 11.5. The molecule has 1 unspecified atom stereocenters. The highest BCUT2D eigenvalue weighted by atomic mass is 16.5. The van der Waals surface area contributed by atoms with Crippen molar-refractivity contribution < 1.29 is 14.6 Å². The van der Waals surface area contributed by atoms with E-state index in [2.05, 4.69) is 5.32 Å². The van der Waals surface area contributed by atoms with Crippen LogP contribution in [-0.2, 0) is 4.79 Å². The quantitative estimate of drug-likeness (QED) is 0.856. The summed E-state index contributed by atoms with van der Waals surface area (Å²) in [4.78, 5) is 11.5. The van der Waals surface area contributed by atoms with E-state index in [0.717, 1.165) is 22.4 Å². The normalized spacial score (nSPS) is 17.9. The highest BCUT2D eigenvalue weighted by molar-refractivity contribution is 5.79. The molecule has 1 aliphatic carbocycles. The van der Waals surface area contributed by atoms with Gasteiger partial charge in [-0.1, -0.05) is 6.07 Å². The fourth-order valence-electron chi connectivity index (χ4n) is 2.70. The van der Waals surface area contributed by atoms with Gasteiger partial charge >= 0.3 is 5.97 Å². The molecule has 19 heavy (non-hydrogen) atoms. The molecular weight excluding hydrogens is 242 g/mol. The lowest BCUT2D eigenvalue weighted by Crippen LogP contribution is -2.32. The van der Waals surface area contributed by atoms with Crippen LogP contribution in [0, 0.1) is 19.3 Å². The van der Waals surface area contributed by atoms with E-state index in [1.54, 1.807) is 7.11 Å². The first-order chi connectivity index (χ1) is 8.96. The van der Waals surface area contributed by atoms with Gasteiger partial charge in [-0.25, -0.2) is 0 Å². The zero-order valence-corrected chi connectivity index (χ0v) is 11.9. The number of methoxy groups -OCH3 is 1. The molecule has 1 saturated carbocycles. The number of nitrogens with one attached hydrogen (secondary N) is 1. The molecule has 0 saturated heterocycles. The standard InChI is InChI=1S/C15H21NO3/c1-9-7-11(12(19-4)8-10(9)2)13(16-3)15(5-6-15)14(17)18/h7-8,13,16H,5-6H2,1-4H3,(H,17,18). The zero-order chi connectivity index (χ0) is 14.2. The average Bonchev–Trinajstić information content (AvgIpc) is 3.15. The van der Waals surface area contributed by atoms with Crippen molar-refractivity contribution in [2.24, 2.45) is 5.41 Å². The number of carboxylic acids is 1. The van der Waals surface area contributed by atoms with E-state index in [9.17, 15) is 9.90 Å². The molecule has 0 bridgehead atoms. The van der Waals surface area contributed by atoms with Crippen LogP contribution >= 0.6 is 0 Å². The molecule has 0 aromatic heterocycles. The van der Waals surface area contributed by atoms with E-state index >= 15 is 0 Å². The summed E-state index contributed by atoms with van der Waals surface area (Å²) >= 11 is 0. The fourth-order valence-corrected chi connectivity index (χ4v) is 2.70. The number of hydrogen-bond donors (Lipinski definition) is 2. The van der Waals surface area contributed by atoms with Gasteiger partial charge in [0.25, 0.3) is 0 Å². The minimum absolute atomic E-state index is 0.209. The predicted molar refractivity (Wildman–Crippen MR) is 73.6 cm³/mol. The van der Waals surface area contributed by atoms with Crippen LogP contribution in [0.4, 0.5) is 0 Å². The van der Waals surface area contributed by atoms with Crippen molar-refractivity contribution in [3.8, 4) is 5.75 Å². The van der Waals surface area contributed by atoms with Crippen LogP contribution in [-0.4, -0.2) is 25.2 Å². The van der Waals surface area contributed by atoms with Crippen molar-refractivity contribution in [3.05, 3.63) is 28.8 Å². The summed E-state index contributed by atoms with van der Waals surface area (Å²) in [5.74, 6) is 0.0297. The smallest absolute Gasteiger partial charge is 0.311 e. The van der Waals surface area contributed by atoms with Crippen LogP contribution in [0.2, 0.25) is 0 Å². The van der Waals surface area contributed by atoms with Gasteiger partial charge in [-0.3, -0.25) is 4.79 Å². The Morgan fingerprint density at radius 3 is 2.37 bits per heavy atom. The number of carboxylic acid groups (broad SMARTS) is 1. The molecule has 4 nitrogen and oxygen atoms in total. The third-order valence-corrected chi connectivity index (χ3v) is 4.21. The molecule has 0 spiro atoms. The molecule has 2 rings (SSSR count). The van der Waals surface area contributed by atoms with Crippen LogP contribution in [0.3, 0.4) is 0 Å². The Bertz CT molecular complexity index is 506. The van der Waals surface area contributed by atoms with Gasteiger partial charge in [0.15, 0.2) is 0 Å². The monoisotopic (exact) mass is 263 g/mol. The molecule has 1 atom stereocenters. The summed E-state index contributed by atoms with van der Waals surface area (Å²) in [7, 11) is 3.43. The lowest BCUT2D eigenvalue weighted by Gasteiger charge is -2.26. The van der Waals surface area contributed by atoms with Crippen molar-refractivity contribution in [3.63, 3.8) is 0 Å². The molecule has 0 aliphatic heterocycles. The third kappa shape index (κ3) is 2.21. The molecule has 2 N–H and O–H groups in total. The average molecular weight is 263 g/mol. The van der Waals surface area contributed by atoms with E-state index in [-0.39, 0.29) is 6.04 Å². The second-order valence-corrected chi connectivity index (χ2v) is 5.36. The maximum atomic E-state index is 11.5. The number of aryl methyl sites for hydroxylation is 2. The van der Waals surface area contributed by atoms with E-state index in [4.69, 9.17) is 4.74 Å². The van der Waals surface area contributed by atoms with Gasteiger partial charge in [0, 0.05) is 5.56 Å². The first-order valence-corrected chi connectivity index (χ1v) is 6.52. The molecule has 4 heteroatoms. The number of benzene rings is 1. The van der Waals surface area contributed by atoms with Crippen LogP contribution in [0.15, 0.2) is 12.1 Å². The SMILES string of the molecule is CNC(c1cc(C)c(C)cc1OC)C1(C(=O)O)CC1. The van der Waals surface area contributed by atoms with E-state index in [0.29, 0.717) is 12.8 Å². The van der Waals surface area contributed by atoms with Crippen molar-refractivity contribution in [1.82, 2.24) is 5.32 Å². The third-order valence-electron chi connectivity index (χ3n) is 4.21. The molecule has 0 radical (unpaired) electrons. The number of ether oxygens (including phenoxy) is 1. The van der Waals surface area contributed by atoms with Crippen LogP contribution in [0.25, 0.3) is 0 Å². The van der Waals surface area contributed by atoms with Crippen molar-refractivity contribution in [2.45, 2.75) is 32.7 Å². The van der Waals surface area contributed by atoms with Crippen molar-refractivity contribution >= 4 is 5.97 Å². The lowest BCUT2D eigenvalue weighted by molar-refractivity contribution is -0.144. The molecule has 0 heterocycles. The van der Waals surface area contributed by atoms with Crippen LogP contribution in [0.5, 0.6) is 5.75 Å². The van der Waals surface area contributed by atoms with Gasteiger partial charge in [0.05, 0.1) is 18.6 Å². The topological polar surface area (TPSA) is 58.6 Å². The van der Waals surface area contributed by atoms with Gasteiger partial charge in [-0.05, 0) is 50.9 Å². The van der Waals surface area contributed by atoms with Crippen molar-refractivity contribution in [1.29, 1.82) is 0 Å². The minimum atomic E-state index is -0.730. The summed E-state index contributed by atoms with van der Waals surface area (Å²) in [6.45, 7) is 4.06. The Hall–Kier alpha value is -1.55. The Morgan fingerprint density at radius 1 is 1.37 bits per heavy atom. The summed E-state index contributed by atoms with van der Waals surface area (Å²) < 4.78 is 5.43. The summed E-state index contributed by atoms with van der Waals surface area (Å²) in [5.41, 5.74) is 2.56. The highest BCUT2D eigenvalue weighted by Crippen LogP contribution is 2.56. The largest absolute Gasteiger partial charge is 0.496 e. The molecule has 1 aliphatic rings. The first-order valence-electron chi connectivity index (χ1n) is 6.52. The Labute approximate surface area is 113 Å². The van der Waals surface area contributed by atoms with Crippen LogP contribution in [0.1, 0.15) is 35.6 Å². The summed E-state index contributed by atoms with van der Waals surface area (Å²) in [6.07, 6.45) is 1.42. The Kier molecular flexibility index (Phi) is 3.54. The number of aliphatic carboxylic acids is 1. The van der Waals surface area contributed by atoms with Gasteiger partial charge in [-0.15, -0.1) is 0 Å². The van der Waals surface area contributed by atoms with Crippen LogP contribution < -0.4 is 10.1 Å². The molecule has 1 aromatic rings. The zero-order valence-electron chi connectivity index (χ0n) is 11.9. The molecule has 1 aromatic carbocycles. The predicted octanol–water partition coefficient (Wildman–Crippen LogP) is 2.44. The summed E-state index contributed by atoms with van der Waals surface area (Å²) in [5, 5.41) is 12.6. The second kappa shape index (κ2) is 4.85. The minimum Gasteiger partial charge on any atom is -0.496 e. The number of hydrogen-bond acceptors (Lipinski definition) is 3. The molecular formula is C15H21NO3. The van der Waals surface area contributed by atoms with E-state index in [1.807, 2.05) is 33.0 Å². The number of rotatable bonds is 5. The van der Waals surface area contributed by atoms with Gasteiger partial charge < -0.3 is 15.2 Å². The van der Waals surface area contributed by atoms with Gasteiger partial charge in [-0.2, -0.15) is 0 Å². The van der Waals surface area contributed by atoms with E-state index in [1.165, 1.54) is 0 Å². The fraction of sp³-hybridized carbons (Fsp3) is 0.533. The molecule has 1 fully saturated rings. The van der Waals surface area contributed by atoms with E-state index < -0.39 is 11.4 Å².